The van der Waals surface area contributed by atoms with Crippen LogP contribution in [-0.2, 0) is 10.0 Å². The van der Waals surface area contributed by atoms with E-state index in [4.69, 9.17) is 16.3 Å². The number of aliphatic hydroxyl groups is 1. The first-order valence-corrected chi connectivity index (χ1v) is 24.9. The number of H-pyrrole nitrogens is 1. The molecule has 2 aliphatic heterocycles. The number of benzene rings is 3. The normalized spacial score (nSPS) is 23.3. The van der Waals surface area contributed by atoms with Crippen molar-refractivity contribution in [3.63, 3.8) is 0 Å². The average Bonchev–Trinajstić information content (AvgIpc) is 3.91. The van der Waals surface area contributed by atoms with Crippen molar-refractivity contribution in [3.8, 4) is 11.5 Å². The summed E-state index contributed by atoms with van der Waals surface area (Å²) in [6.45, 7) is 10.4. The van der Waals surface area contributed by atoms with Crippen LogP contribution in [0.1, 0.15) is 112 Å². The Balaban J connectivity index is 0.917. The van der Waals surface area contributed by atoms with Crippen LogP contribution < -0.4 is 19.7 Å². The first-order valence-electron chi connectivity index (χ1n) is 23.0. The lowest BCUT2D eigenvalue weighted by molar-refractivity contribution is -0.384. The van der Waals surface area contributed by atoms with Crippen molar-refractivity contribution in [3.05, 3.63) is 111 Å². The molecule has 2 aliphatic carbocycles. The van der Waals surface area contributed by atoms with E-state index in [1.54, 1.807) is 19.1 Å². The van der Waals surface area contributed by atoms with Gasteiger partial charge >= 0.3 is 0 Å². The molecule has 9 rings (SSSR count). The predicted molar refractivity (Wildman–Crippen MR) is 253 cm³/mol. The minimum atomic E-state index is -4.65. The Morgan fingerprint density at radius 2 is 1.77 bits per heavy atom. The minimum absolute atomic E-state index is 0.0435. The van der Waals surface area contributed by atoms with E-state index in [1.165, 1.54) is 54.7 Å². The molecule has 2 saturated carbocycles. The molecule has 0 radical (unpaired) electrons. The van der Waals surface area contributed by atoms with E-state index in [0.29, 0.717) is 37.3 Å². The predicted octanol–water partition coefficient (Wildman–Crippen LogP) is 9.89. The van der Waals surface area contributed by atoms with Crippen LogP contribution in [0.5, 0.6) is 11.5 Å². The standard InChI is InChI=1S/C49H57ClFN7O7S/c1-30(2)34-7-4-5-8-35(34)36-9-6-10-41(36)57-28-49(29-57)19-21-56(22-20-49)32-11-13-37(43(23-32)65-44-25-38-39(51)27-53-46(38)54-45(44)50)47(59)55-66(63,64)33-12-14-40(42(24-33)58(61)62)52-26-31-15-17-48(3,60)18-16-31/h4-5,7-8,11-14,23-25,27,30-31,36,41,52,60H,6,9-10,15-22,26,28-29H2,1-3H3,(H,53,54)(H,55,59)/t31-,36-,41-,48-/m1/s1. The van der Waals surface area contributed by atoms with Gasteiger partial charge in [0.1, 0.15) is 22.9 Å². The summed E-state index contributed by atoms with van der Waals surface area (Å²) < 4.78 is 50.5. The van der Waals surface area contributed by atoms with Gasteiger partial charge in [0.2, 0.25) is 0 Å². The number of nitro groups is 1. The summed E-state index contributed by atoms with van der Waals surface area (Å²) in [5.74, 6) is -0.536. The monoisotopic (exact) mass is 941 g/mol. The number of carbonyl (C=O) groups excluding carboxylic acids is 1. The van der Waals surface area contributed by atoms with Crippen molar-refractivity contribution in [1.29, 1.82) is 0 Å². The molecule has 350 valence electrons. The number of aromatic amines is 1. The molecule has 4 fully saturated rings. The van der Waals surface area contributed by atoms with Crippen molar-refractivity contribution in [2.45, 2.75) is 107 Å². The van der Waals surface area contributed by atoms with E-state index in [1.807, 2.05) is 0 Å². The number of sulfonamides is 1. The van der Waals surface area contributed by atoms with Crippen molar-refractivity contribution < 1.29 is 32.4 Å². The van der Waals surface area contributed by atoms with E-state index in [-0.39, 0.29) is 50.3 Å². The molecular weight excluding hydrogens is 885 g/mol. The number of anilines is 2. The molecule has 2 saturated heterocycles. The van der Waals surface area contributed by atoms with E-state index in [2.05, 4.69) is 67.9 Å². The molecule has 66 heavy (non-hydrogen) atoms. The summed E-state index contributed by atoms with van der Waals surface area (Å²) in [5, 5.41) is 25.6. The largest absolute Gasteiger partial charge is 0.453 e. The highest BCUT2D eigenvalue weighted by Gasteiger charge is 2.49. The van der Waals surface area contributed by atoms with Gasteiger partial charge in [0.05, 0.1) is 26.4 Å². The topological polar surface area (TPSA) is 183 Å². The van der Waals surface area contributed by atoms with Gasteiger partial charge in [-0.2, -0.15) is 0 Å². The third-order valence-electron chi connectivity index (χ3n) is 14.7. The van der Waals surface area contributed by atoms with Gasteiger partial charge in [0, 0.05) is 62.8 Å². The number of halogens is 2. The number of hydrogen-bond donors (Lipinski definition) is 4. The molecular formula is C49H57ClFN7O7S. The number of rotatable bonds is 13. The molecule has 0 unspecified atom stereocenters. The fourth-order valence-electron chi connectivity index (χ4n) is 10.8. The SMILES string of the molecule is CC(C)c1ccccc1[C@H]1CCC[C@H]1N1CC2(CCN(c3ccc(C(=O)NS(=O)(=O)c4ccc(NC[C@H]5CC[C@](C)(O)CC5)c([N+](=O)[O-])c4)c(Oc4cc5c(F)c[nH]c5nc4Cl)c3)CC2)C1. The van der Waals surface area contributed by atoms with Gasteiger partial charge in [-0.3, -0.25) is 19.8 Å². The number of hydrogen-bond acceptors (Lipinski definition) is 11. The number of piperidine rings is 1. The van der Waals surface area contributed by atoms with Crippen molar-refractivity contribution >= 4 is 55.6 Å². The van der Waals surface area contributed by atoms with Crippen LogP contribution in [-0.4, -0.2) is 83.6 Å². The van der Waals surface area contributed by atoms with Gasteiger partial charge in [-0.1, -0.05) is 56.1 Å². The van der Waals surface area contributed by atoms with E-state index >= 15 is 0 Å². The van der Waals surface area contributed by atoms with Gasteiger partial charge in [-0.25, -0.2) is 22.5 Å². The molecule has 0 bridgehead atoms. The summed E-state index contributed by atoms with van der Waals surface area (Å²) in [6, 6.07) is 19.1. The molecule has 14 nitrogen and oxygen atoms in total. The highest BCUT2D eigenvalue weighted by atomic mass is 35.5. The Kier molecular flexibility index (Phi) is 12.6. The second-order valence-corrected chi connectivity index (χ2v) is 21.6. The molecule has 3 aromatic carbocycles. The van der Waals surface area contributed by atoms with E-state index in [0.717, 1.165) is 69.8 Å². The number of aromatic nitrogens is 2. The lowest BCUT2D eigenvalue weighted by Crippen LogP contribution is -2.63. The van der Waals surface area contributed by atoms with Gasteiger partial charge in [-0.15, -0.1) is 0 Å². The number of fused-ring (bicyclic) bond motifs is 1. The number of likely N-dealkylation sites (tertiary alicyclic amines) is 1. The molecule has 1 amide bonds. The van der Waals surface area contributed by atoms with Gasteiger partial charge in [0.15, 0.2) is 10.9 Å². The average molecular weight is 943 g/mol. The zero-order valence-electron chi connectivity index (χ0n) is 37.5. The maximum Gasteiger partial charge on any atom is 0.293 e. The van der Waals surface area contributed by atoms with Crippen LogP contribution in [0.25, 0.3) is 11.0 Å². The second-order valence-electron chi connectivity index (χ2n) is 19.6. The molecule has 4 N–H and O–H groups in total. The van der Waals surface area contributed by atoms with Crippen LogP contribution in [0.4, 0.5) is 21.5 Å². The first-order chi connectivity index (χ1) is 31.5. The fraction of sp³-hybridized carbons (Fsp3) is 0.469. The van der Waals surface area contributed by atoms with Crippen LogP contribution in [0, 0.1) is 27.3 Å². The maximum atomic E-state index is 14.7. The maximum absolute atomic E-state index is 14.7. The van der Waals surface area contributed by atoms with Gasteiger partial charge in [0.25, 0.3) is 21.6 Å². The summed E-state index contributed by atoms with van der Waals surface area (Å²) >= 11 is 6.52. The number of amides is 1. The zero-order chi connectivity index (χ0) is 46.5. The van der Waals surface area contributed by atoms with Crippen LogP contribution in [0.15, 0.2) is 77.8 Å². The third-order valence-corrected chi connectivity index (χ3v) is 16.3. The number of nitrogens with one attached hydrogen (secondary N) is 3. The number of ether oxygens (including phenoxy) is 1. The van der Waals surface area contributed by atoms with Crippen LogP contribution in [0.3, 0.4) is 0 Å². The minimum Gasteiger partial charge on any atom is -0.453 e. The lowest BCUT2D eigenvalue weighted by atomic mass is 9.70. The number of nitro benzene ring substituents is 1. The molecule has 4 heterocycles. The quantitative estimate of drug-likeness (QED) is 0.0501. The van der Waals surface area contributed by atoms with Gasteiger partial charge < -0.3 is 25.0 Å². The molecule has 5 aromatic rings. The van der Waals surface area contributed by atoms with Crippen LogP contribution >= 0.6 is 11.6 Å². The summed E-state index contributed by atoms with van der Waals surface area (Å²) in [6.07, 6.45) is 9.47. The highest BCUT2D eigenvalue weighted by molar-refractivity contribution is 7.90. The Bertz CT molecular complexity index is 2760. The molecule has 4 aliphatic rings. The summed E-state index contributed by atoms with van der Waals surface area (Å²) in [5.41, 5.74) is 2.89. The third kappa shape index (κ3) is 9.34. The molecule has 17 heteroatoms. The fourth-order valence-corrected chi connectivity index (χ4v) is 12.0. The number of nitrogens with zero attached hydrogens (tertiary/aromatic N) is 4. The van der Waals surface area contributed by atoms with Crippen molar-refractivity contribution in [2.24, 2.45) is 11.3 Å². The number of pyridine rings is 1. The zero-order valence-corrected chi connectivity index (χ0v) is 39.1. The molecule has 1 spiro atoms. The lowest BCUT2D eigenvalue weighted by Gasteiger charge is -2.57. The summed E-state index contributed by atoms with van der Waals surface area (Å²) in [4.78, 5) is 36.9. The van der Waals surface area contributed by atoms with Crippen molar-refractivity contribution in [2.75, 3.05) is 42.9 Å². The summed E-state index contributed by atoms with van der Waals surface area (Å²) in [7, 11) is -4.65. The van der Waals surface area contributed by atoms with E-state index < -0.39 is 42.9 Å². The van der Waals surface area contributed by atoms with Crippen LogP contribution in [0.2, 0.25) is 5.15 Å². The Morgan fingerprint density at radius 3 is 2.50 bits per heavy atom. The smallest absolute Gasteiger partial charge is 0.293 e. The first kappa shape index (κ1) is 45.8. The Labute approximate surface area is 389 Å². The van der Waals surface area contributed by atoms with E-state index in [9.17, 15) is 32.8 Å². The highest BCUT2D eigenvalue weighted by Crippen LogP contribution is 2.49. The Morgan fingerprint density at radius 1 is 1.03 bits per heavy atom. The van der Waals surface area contributed by atoms with Crippen molar-refractivity contribution in [1.82, 2.24) is 19.6 Å². The van der Waals surface area contributed by atoms with Gasteiger partial charge in [-0.05, 0) is 123 Å². The second kappa shape index (κ2) is 18.1. The Hall–Kier alpha value is -5.29. The number of carbonyl (C=O) groups is 1. The molecule has 2 aromatic heterocycles. The molecule has 2 atom stereocenters.